The fraction of sp³-hybridized carbons (Fsp3) is 0.222. The van der Waals surface area contributed by atoms with Crippen LogP contribution < -0.4 is 15.0 Å². The Bertz CT molecular complexity index is 1090. The van der Waals surface area contributed by atoms with Crippen LogP contribution in [0, 0.1) is 0 Å². The molecular formula is C27H26N2O2. The van der Waals surface area contributed by atoms with Crippen molar-refractivity contribution in [3.8, 4) is 5.75 Å². The van der Waals surface area contributed by atoms with Crippen molar-refractivity contribution >= 4 is 29.4 Å². The molecule has 1 unspecified atom stereocenters. The Hall–Kier alpha value is -3.37. The summed E-state index contributed by atoms with van der Waals surface area (Å²) in [5.41, 5.74) is 6.55. The van der Waals surface area contributed by atoms with Gasteiger partial charge in [-0.15, -0.1) is 0 Å². The van der Waals surface area contributed by atoms with Crippen molar-refractivity contribution in [2.45, 2.75) is 25.3 Å². The zero-order chi connectivity index (χ0) is 21.2. The van der Waals surface area contributed by atoms with Crippen molar-refractivity contribution in [2.24, 2.45) is 0 Å². The number of ether oxygens (including phenoxy) is 1. The van der Waals surface area contributed by atoms with Gasteiger partial charge in [0.05, 0.1) is 25.0 Å². The SMILES string of the molecule is COc1cccc2c1CC(NCC(=O)N1c3ccccc3C=Cc3ccccc31)CC2. The summed E-state index contributed by atoms with van der Waals surface area (Å²) in [5.74, 6) is 0.992. The van der Waals surface area contributed by atoms with E-state index in [1.165, 1.54) is 11.1 Å². The van der Waals surface area contributed by atoms with Crippen LogP contribution in [0.4, 0.5) is 11.4 Å². The Morgan fingerprint density at radius 3 is 2.32 bits per heavy atom. The third-order valence-electron chi connectivity index (χ3n) is 6.25. The number of carbonyl (C=O) groups excluding carboxylic acids is 1. The highest BCUT2D eigenvalue weighted by Gasteiger charge is 2.26. The second-order valence-electron chi connectivity index (χ2n) is 8.10. The highest BCUT2D eigenvalue weighted by atomic mass is 16.5. The van der Waals surface area contributed by atoms with Crippen molar-refractivity contribution in [1.82, 2.24) is 5.32 Å². The van der Waals surface area contributed by atoms with Gasteiger partial charge in [-0.2, -0.15) is 0 Å². The first-order valence-electron chi connectivity index (χ1n) is 10.8. The van der Waals surface area contributed by atoms with Gasteiger partial charge in [0.1, 0.15) is 5.75 Å². The van der Waals surface area contributed by atoms with E-state index in [9.17, 15) is 4.79 Å². The number of nitrogens with one attached hydrogen (secondary N) is 1. The van der Waals surface area contributed by atoms with Crippen LogP contribution in [0.2, 0.25) is 0 Å². The molecule has 0 aromatic heterocycles. The molecule has 0 radical (unpaired) electrons. The maximum absolute atomic E-state index is 13.5. The normalized spacial score (nSPS) is 16.7. The molecule has 0 saturated carbocycles. The van der Waals surface area contributed by atoms with E-state index >= 15 is 0 Å². The maximum atomic E-state index is 13.5. The van der Waals surface area contributed by atoms with Crippen LogP contribution in [0.1, 0.15) is 28.7 Å². The van der Waals surface area contributed by atoms with Crippen LogP contribution in [-0.4, -0.2) is 25.6 Å². The van der Waals surface area contributed by atoms with E-state index < -0.39 is 0 Å². The maximum Gasteiger partial charge on any atom is 0.245 e. The van der Waals surface area contributed by atoms with Gasteiger partial charge in [-0.25, -0.2) is 0 Å². The number of hydrogen-bond donors (Lipinski definition) is 1. The first kappa shape index (κ1) is 19.6. The molecule has 3 aromatic carbocycles. The van der Waals surface area contributed by atoms with Gasteiger partial charge in [-0.3, -0.25) is 9.69 Å². The Balaban J connectivity index is 1.37. The first-order valence-corrected chi connectivity index (χ1v) is 10.8. The molecule has 2 aliphatic rings. The average Bonchev–Trinajstić information content (AvgIpc) is 2.99. The van der Waals surface area contributed by atoms with Crippen LogP contribution in [0.3, 0.4) is 0 Å². The fourth-order valence-corrected chi connectivity index (χ4v) is 4.67. The van der Waals surface area contributed by atoms with Crippen LogP contribution in [-0.2, 0) is 17.6 Å². The molecule has 0 fully saturated rings. The van der Waals surface area contributed by atoms with Crippen LogP contribution in [0.5, 0.6) is 5.75 Å². The highest BCUT2D eigenvalue weighted by molar-refractivity contribution is 6.07. The van der Waals surface area contributed by atoms with Crippen LogP contribution >= 0.6 is 0 Å². The molecule has 5 rings (SSSR count). The van der Waals surface area contributed by atoms with Crippen molar-refractivity contribution in [2.75, 3.05) is 18.6 Å². The van der Waals surface area contributed by atoms with Gasteiger partial charge in [0, 0.05) is 6.04 Å². The number of aryl methyl sites for hydroxylation is 1. The molecule has 1 aliphatic carbocycles. The molecule has 1 N–H and O–H groups in total. The van der Waals surface area contributed by atoms with Crippen molar-refractivity contribution in [1.29, 1.82) is 0 Å². The van der Waals surface area contributed by atoms with E-state index in [0.29, 0.717) is 0 Å². The second kappa shape index (κ2) is 8.40. The lowest BCUT2D eigenvalue weighted by Gasteiger charge is -2.29. The Labute approximate surface area is 183 Å². The second-order valence-corrected chi connectivity index (χ2v) is 8.10. The van der Waals surface area contributed by atoms with Gasteiger partial charge in [0.15, 0.2) is 0 Å². The number of amides is 1. The number of methoxy groups -OCH3 is 1. The minimum absolute atomic E-state index is 0.0504. The van der Waals surface area contributed by atoms with Gasteiger partial charge in [0.25, 0.3) is 0 Å². The largest absolute Gasteiger partial charge is 0.496 e. The lowest BCUT2D eigenvalue weighted by atomic mass is 9.87. The van der Waals surface area contributed by atoms with E-state index in [0.717, 1.165) is 47.5 Å². The summed E-state index contributed by atoms with van der Waals surface area (Å²) in [6.07, 6.45) is 7.06. The number of rotatable bonds is 4. The van der Waals surface area contributed by atoms with Crippen molar-refractivity contribution in [3.63, 3.8) is 0 Å². The monoisotopic (exact) mass is 410 g/mol. The van der Waals surface area contributed by atoms with E-state index in [1.54, 1.807) is 7.11 Å². The zero-order valence-electron chi connectivity index (χ0n) is 17.7. The smallest absolute Gasteiger partial charge is 0.245 e. The standard InChI is InChI=1S/C27H26N2O2/c1-31-26-12-6-9-19-15-16-22(17-23(19)26)28-18-27(30)29-24-10-4-2-7-20(24)13-14-21-8-3-5-11-25(21)29/h2-14,22,28H,15-18H2,1H3. The molecule has 0 bridgehead atoms. The molecular weight excluding hydrogens is 384 g/mol. The molecule has 31 heavy (non-hydrogen) atoms. The quantitative estimate of drug-likeness (QED) is 0.659. The molecule has 1 amide bonds. The number of anilines is 2. The van der Waals surface area contributed by atoms with E-state index in [-0.39, 0.29) is 18.5 Å². The third kappa shape index (κ3) is 3.75. The van der Waals surface area contributed by atoms with Crippen LogP contribution in [0.15, 0.2) is 66.7 Å². The lowest BCUT2D eigenvalue weighted by molar-refractivity contribution is -0.117. The summed E-state index contributed by atoms with van der Waals surface area (Å²) in [4.78, 5) is 15.4. The fourth-order valence-electron chi connectivity index (χ4n) is 4.67. The number of benzene rings is 3. The van der Waals surface area contributed by atoms with Crippen molar-refractivity contribution in [3.05, 3.63) is 89.0 Å². The Morgan fingerprint density at radius 2 is 1.65 bits per heavy atom. The summed E-state index contributed by atoms with van der Waals surface area (Å²) in [6, 6.07) is 22.6. The first-order chi connectivity index (χ1) is 15.2. The molecule has 0 spiro atoms. The zero-order valence-corrected chi connectivity index (χ0v) is 17.7. The predicted molar refractivity (Wildman–Crippen MR) is 126 cm³/mol. The van der Waals surface area contributed by atoms with Crippen molar-refractivity contribution < 1.29 is 9.53 Å². The molecule has 0 saturated heterocycles. The Morgan fingerprint density at radius 1 is 0.968 bits per heavy atom. The number of para-hydroxylation sites is 2. The predicted octanol–water partition coefficient (Wildman–Crippen LogP) is 4.99. The summed E-state index contributed by atoms with van der Waals surface area (Å²) in [5, 5.41) is 3.53. The van der Waals surface area contributed by atoms with E-state index in [2.05, 4.69) is 41.7 Å². The minimum atomic E-state index is 0.0504. The highest BCUT2D eigenvalue weighted by Crippen LogP contribution is 2.36. The number of hydrogen-bond acceptors (Lipinski definition) is 3. The summed E-state index contributed by atoms with van der Waals surface area (Å²) >= 11 is 0. The van der Waals surface area contributed by atoms with Gasteiger partial charge in [-0.05, 0) is 59.7 Å². The molecule has 4 nitrogen and oxygen atoms in total. The molecule has 1 atom stereocenters. The number of fused-ring (bicyclic) bond motifs is 3. The molecule has 1 heterocycles. The molecule has 3 aromatic rings. The van der Waals surface area contributed by atoms with E-state index in [1.807, 2.05) is 47.4 Å². The average molecular weight is 411 g/mol. The van der Waals surface area contributed by atoms with Gasteiger partial charge in [-0.1, -0.05) is 60.7 Å². The summed E-state index contributed by atoms with van der Waals surface area (Å²) < 4.78 is 5.56. The third-order valence-corrected chi connectivity index (χ3v) is 6.25. The molecule has 1 aliphatic heterocycles. The van der Waals surface area contributed by atoms with Crippen LogP contribution in [0.25, 0.3) is 12.2 Å². The minimum Gasteiger partial charge on any atom is -0.496 e. The summed E-state index contributed by atoms with van der Waals surface area (Å²) in [7, 11) is 1.72. The van der Waals surface area contributed by atoms with Gasteiger partial charge in [0.2, 0.25) is 5.91 Å². The molecule has 4 heteroatoms. The summed E-state index contributed by atoms with van der Waals surface area (Å²) in [6.45, 7) is 0.290. The molecule has 156 valence electrons. The lowest BCUT2D eigenvalue weighted by Crippen LogP contribution is -2.42. The van der Waals surface area contributed by atoms with Gasteiger partial charge >= 0.3 is 0 Å². The number of carbonyl (C=O) groups is 1. The number of nitrogens with zero attached hydrogens (tertiary/aromatic N) is 1. The Kier molecular flexibility index (Phi) is 5.31. The topological polar surface area (TPSA) is 41.6 Å². The van der Waals surface area contributed by atoms with Gasteiger partial charge < -0.3 is 10.1 Å². The van der Waals surface area contributed by atoms with E-state index in [4.69, 9.17) is 4.74 Å².